The third-order valence-electron chi connectivity index (χ3n) is 4.23. The van der Waals surface area contributed by atoms with E-state index < -0.39 is 10.0 Å². The van der Waals surface area contributed by atoms with Gasteiger partial charge in [-0.2, -0.15) is 0 Å². The second kappa shape index (κ2) is 7.84. The molecule has 26 heavy (non-hydrogen) atoms. The van der Waals surface area contributed by atoms with Crippen LogP contribution >= 0.6 is 0 Å². The van der Waals surface area contributed by atoms with Crippen molar-refractivity contribution < 1.29 is 17.9 Å². The van der Waals surface area contributed by atoms with Crippen molar-refractivity contribution in [3.05, 3.63) is 48.8 Å². The van der Waals surface area contributed by atoms with Crippen LogP contribution in [0.15, 0.2) is 48.8 Å². The van der Waals surface area contributed by atoms with E-state index in [9.17, 15) is 13.2 Å². The molecule has 1 N–H and O–H groups in total. The fraction of sp³-hybridized carbons (Fsp3) is 0.333. The van der Waals surface area contributed by atoms with Gasteiger partial charge in [-0.15, -0.1) is 0 Å². The molecule has 0 aliphatic carbocycles. The van der Waals surface area contributed by atoms with E-state index in [4.69, 9.17) is 4.74 Å². The lowest BCUT2D eigenvalue weighted by atomic mass is 9.99. The molecule has 1 atom stereocenters. The smallest absolute Gasteiger partial charge is 0.228 e. The normalized spacial score (nSPS) is 18.3. The Kier molecular flexibility index (Phi) is 5.53. The third-order valence-corrected chi connectivity index (χ3v) is 5.50. The molecule has 1 fully saturated rings. The number of benzene rings is 1. The van der Waals surface area contributed by atoms with Gasteiger partial charge >= 0.3 is 0 Å². The maximum Gasteiger partial charge on any atom is 0.228 e. The van der Waals surface area contributed by atoms with E-state index in [1.165, 1.54) is 10.6 Å². The van der Waals surface area contributed by atoms with Crippen LogP contribution in [0.1, 0.15) is 12.8 Å². The molecule has 0 radical (unpaired) electrons. The number of nitrogens with one attached hydrogen (secondary N) is 1. The second-order valence-electron chi connectivity index (χ2n) is 6.26. The first kappa shape index (κ1) is 18.3. The van der Waals surface area contributed by atoms with Crippen molar-refractivity contribution in [2.24, 2.45) is 5.92 Å². The number of aromatic nitrogens is 1. The first-order valence-electron chi connectivity index (χ1n) is 8.36. The molecule has 8 heteroatoms. The summed E-state index contributed by atoms with van der Waals surface area (Å²) < 4.78 is 30.4. The highest BCUT2D eigenvalue weighted by Crippen LogP contribution is 2.24. The quantitative estimate of drug-likeness (QED) is 0.867. The number of anilines is 1. The lowest BCUT2D eigenvalue weighted by molar-refractivity contribution is -0.120. The largest absolute Gasteiger partial charge is 0.457 e. The maximum atomic E-state index is 12.4. The fourth-order valence-corrected chi connectivity index (χ4v) is 3.76. The Balaban J connectivity index is 1.59. The highest BCUT2D eigenvalue weighted by molar-refractivity contribution is 7.88. The van der Waals surface area contributed by atoms with Crippen LogP contribution in [0.5, 0.6) is 11.5 Å². The monoisotopic (exact) mass is 375 g/mol. The van der Waals surface area contributed by atoms with Crippen molar-refractivity contribution in [3.8, 4) is 11.5 Å². The van der Waals surface area contributed by atoms with E-state index in [0.29, 0.717) is 36.6 Å². The molecule has 7 nitrogen and oxygen atoms in total. The van der Waals surface area contributed by atoms with Gasteiger partial charge in [-0.05, 0) is 49.2 Å². The number of pyridine rings is 1. The van der Waals surface area contributed by atoms with Gasteiger partial charge in [0.1, 0.15) is 11.5 Å². The number of sulfonamides is 1. The fourth-order valence-electron chi connectivity index (χ4n) is 2.85. The maximum absolute atomic E-state index is 12.4. The summed E-state index contributed by atoms with van der Waals surface area (Å²) in [5.41, 5.74) is 0.647. The highest BCUT2D eigenvalue weighted by Gasteiger charge is 2.30. The van der Waals surface area contributed by atoms with Crippen LogP contribution in [-0.2, 0) is 14.8 Å². The summed E-state index contributed by atoms with van der Waals surface area (Å²) >= 11 is 0. The SMILES string of the molecule is CS(=O)(=O)N1CCC[C@@H](C(=O)Nc2ccc(Oc3ccncc3)cc2)C1. The van der Waals surface area contributed by atoms with Gasteiger partial charge in [-0.3, -0.25) is 9.78 Å². The van der Waals surface area contributed by atoms with E-state index in [2.05, 4.69) is 10.3 Å². The van der Waals surface area contributed by atoms with Gasteiger partial charge < -0.3 is 10.1 Å². The van der Waals surface area contributed by atoms with Gasteiger partial charge in [0.25, 0.3) is 0 Å². The molecule has 3 rings (SSSR count). The minimum atomic E-state index is -3.27. The average Bonchev–Trinajstić information content (AvgIpc) is 2.63. The van der Waals surface area contributed by atoms with Gasteiger partial charge in [0.05, 0.1) is 12.2 Å². The number of piperidine rings is 1. The van der Waals surface area contributed by atoms with Crippen LogP contribution in [0.2, 0.25) is 0 Å². The standard InChI is InChI=1S/C18H21N3O4S/c1-26(23,24)21-12-2-3-14(13-21)18(22)20-15-4-6-16(7-5-15)25-17-8-10-19-11-9-17/h4-11,14H,2-3,12-13H2,1H3,(H,20,22)/t14-/m1/s1. The van der Waals surface area contributed by atoms with Gasteiger partial charge in [0, 0.05) is 31.2 Å². The summed E-state index contributed by atoms with van der Waals surface area (Å²) in [6.45, 7) is 0.706. The Morgan fingerprint density at radius 3 is 2.46 bits per heavy atom. The van der Waals surface area contributed by atoms with Gasteiger partial charge in [-0.25, -0.2) is 12.7 Å². The molecule has 0 saturated carbocycles. The number of nitrogens with zero attached hydrogens (tertiary/aromatic N) is 2. The van der Waals surface area contributed by atoms with Gasteiger partial charge in [0.2, 0.25) is 15.9 Å². The van der Waals surface area contributed by atoms with E-state index >= 15 is 0 Å². The van der Waals surface area contributed by atoms with Crippen LogP contribution in [0.3, 0.4) is 0 Å². The van der Waals surface area contributed by atoms with E-state index in [1.807, 2.05) is 0 Å². The van der Waals surface area contributed by atoms with Crippen LogP contribution in [0.4, 0.5) is 5.69 Å². The van der Waals surface area contributed by atoms with Crippen molar-refractivity contribution >= 4 is 21.6 Å². The van der Waals surface area contributed by atoms with Crippen molar-refractivity contribution in [1.82, 2.24) is 9.29 Å². The summed E-state index contributed by atoms with van der Waals surface area (Å²) in [6, 6.07) is 10.6. The zero-order valence-electron chi connectivity index (χ0n) is 14.5. The van der Waals surface area contributed by atoms with Crippen LogP contribution in [0, 0.1) is 5.92 Å². The molecule has 2 heterocycles. The summed E-state index contributed by atoms with van der Waals surface area (Å²) in [4.78, 5) is 16.4. The molecular weight excluding hydrogens is 354 g/mol. The second-order valence-corrected chi connectivity index (χ2v) is 8.24. The highest BCUT2D eigenvalue weighted by atomic mass is 32.2. The number of rotatable bonds is 5. The Morgan fingerprint density at radius 1 is 1.15 bits per heavy atom. The summed E-state index contributed by atoms with van der Waals surface area (Å²) in [6.07, 6.45) is 5.83. The molecule has 138 valence electrons. The Morgan fingerprint density at radius 2 is 1.81 bits per heavy atom. The number of carbonyl (C=O) groups excluding carboxylic acids is 1. The molecule has 1 aliphatic heterocycles. The molecule has 0 unspecified atom stereocenters. The molecule has 1 aromatic heterocycles. The van der Waals surface area contributed by atoms with Crippen LogP contribution in [0.25, 0.3) is 0 Å². The molecular formula is C18H21N3O4S. The van der Waals surface area contributed by atoms with Crippen molar-refractivity contribution in [1.29, 1.82) is 0 Å². The Labute approximate surface area is 153 Å². The van der Waals surface area contributed by atoms with Crippen molar-refractivity contribution in [3.63, 3.8) is 0 Å². The zero-order chi connectivity index (χ0) is 18.6. The van der Waals surface area contributed by atoms with E-state index in [-0.39, 0.29) is 18.4 Å². The molecule has 1 aliphatic rings. The number of amides is 1. The summed E-state index contributed by atoms with van der Waals surface area (Å²) in [5, 5.41) is 2.85. The zero-order valence-corrected chi connectivity index (χ0v) is 15.3. The summed E-state index contributed by atoms with van der Waals surface area (Å²) in [5.74, 6) is 0.822. The molecule has 0 bridgehead atoms. The number of carbonyl (C=O) groups is 1. The Bertz CT molecular complexity index is 854. The molecule has 1 saturated heterocycles. The molecule has 1 amide bonds. The molecule has 1 aromatic carbocycles. The van der Waals surface area contributed by atoms with E-state index in [0.717, 1.165) is 0 Å². The first-order valence-corrected chi connectivity index (χ1v) is 10.2. The Hall–Kier alpha value is -2.45. The third kappa shape index (κ3) is 4.80. The van der Waals surface area contributed by atoms with E-state index in [1.54, 1.807) is 48.8 Å². The predicted octanol–water partition coefficient (Wildman–Crippen LogP) is 2.48. The number of ether oxygens (including phenoxy) is 1. The van der Waals surface area contributed by atoms with Crippen molar-refractivity contribution in [2.45, 2.75) is 12.8 Å². The minimum Gasteiger partial charge on any atom is -0.457 e. The average molecular weight is 375 g/mol. The first-order chi connectivity index (χ1) is 12.4. The summed E-state index contributed by atoms with van der Waals surface area (Å²) in [7, 11) is -3.27. The van der Waals surface area contributed by atoms with Crippen molar-refractivity contribution in [2.75, 3.05) is 24.7 Å². The van der Waals surface area contributed by atoms with Gasteiger partial charge in [0.15, 0.2) is 0 Å². The van der Waals surface area contributed by atoms with Gasteiger partial charge in [-0.1, -0.05) is 0 Å². The lowest BCUT2D eigenvalue weighted by Gasteiger charge is -2.30. The molecule has 0 spiro atoms. The lowest BCUT2D eigenvalue weighted by Crippen LogP contribution is -2.43. The molecule has 2 aromatic rings. The number of hydrogen-bond acceptors (Lipinski definition) is 5. The van der Waals surface area contributed by atoms with Crippen LogP contribution < -0.4 is 10.1 Å². The predicted molar refractivity (Wildman–Crippen MR) is 98.5 cm³/mol. The number of hydrogen-bond donors (Lipinski definition) is 1. The minimum absolute atomic E-state index is 0.166. The van der Waals surface area contributed by atoms with Crippen LogP contribution in [-0.4, -0.2) is 43.0 Å². The topological polar surface area (TPSA) is 88.6 Å².